The van der Waals surface area contributed by atoms with E-state index in [1.54, 1.807) is 11.3 Å². The van der Waals surface area contributed by atoms with Crippen LogP contribution in [0.1, 0.15) is 10.4 Å². The Hall–Kier alpha value is -1.36. The molecule has 0 saturated carbocycles. The third kappa shape index (κ3) is 3.88. The number of hydrogen-bond donors (Lipinski definition) is 0. The molecule has 0 atom stereocenters. The lowest BCUT2D eigenvalue weighted by Gasteiger charge is -2.35. The van der Waals surface area contributed by atoms with Gasteiger partial charge in [0.15, 0.2) is 0 Å². The minimum atomic E-state index is 0.236. The first kappa shape index (κ1) is 15.5. The molecule has 5 heteroatoms. The summed E-state index contributed by atoms with van der Waals surface area (Å²) in [6, 6.07) is 12.0. The summed E-state index contributed by atoms with van der Waals surface area (Å²) in [5, 5.41) is 2.84. The van der Waals surface area contributed by atoms with Gasteiger partial charge >= 0.3 is 0 Å². The van der Waals surface area contributed by atoms with Gasteiger partial charge in [0.05, 0.1) is 6.42 Å². The number of rotatable bonds is 4. The van der Waals surface area contributed by atoms with Crippen LogP contribution in [0.25, 0.3) is 0 Å². The summed E-state index contributed by atoms with van der Waals surface area (Å²) < 4.78 is 0. The number of carbonyl (C=O) groups excluding carboxylic acids is 1. The van der Waals surface area contributed by atoms with Gasteiger partial charge in [-0.2, -0.15) is 0 Å². The maximum atomic E-state index is 12.3. The summed E-state index contributed by atoms with van der Waals surface area (Å²) in [4.78, 5) is 17.8. The largest absolute Gasteiger partial charge is 0.340 e. The predicted molar refractivity (Wildman–Crippen MR) is 91.3 cm³/mol. The van der Waals surface area contributed by atoms with E-state index >= 15 is 0 Å². The summed E-state index contributed by atoms with van der Waals surface area (Å²) in [6.45, 7) is 4.26. The Bertz CT molecular complexity index is 621. The van der Waals surface area contributed by atoms with Gasteiger partial charge in [-0.25, -0.2) is 0 Å². The molecule has 3 nitrogen and oxygen atoms in total. The summed E-state index contributed by atoms with van der Waals surface area (Å²) in [6.07, 6.45) is 0.530. The molecule has 3 rings (SSSR count). The maximum absolute atomic E-state index is 12.3. The minimum absolute atomic E-state index is 0.236. The minimum Gasteiger partial charge on any atom is -0.340 e. The van der Waals surface area contributed by atoms with Crippen LogP contribution in [0.3, 0.4) is 0 Å². The van der Waals surface area contributed by atoms with Crippen molar-refractivity contribution in [2.24, 2.45) is 0 Å². The second-order valence-electron chi connectivity index (χ2n) is 5.50. The van der Waals surface area contributed by atoms with Crippen LogP contribution in [0.5, 0.6) is 0 Å². The zero-order valence-electron chi connectivity index (χ0n) is 12.4. The average molecular weight is 335 g/mol. The van der Waals surface area contributed by atoms with Crippen molar-refractivity contribution in [3.63, 3.8) is 0 Å². The third-order valence-electron chi connectivity index (χ3n) is 3.98. The Morgan fingerprint density at radius 2 is 1.86 bits per heavy atom. The molecule has 0 radical (unpaired) electrons. The van der Waals surface area contributed by atoms with Crippen LogP contribution in [0, 0.1) is 0 Å². The predicted octanol–water partition coefficient (Wildman–Crippen LogP) is 3.29. The molecule has 1 aliphatic rings. The smallest absolute Gasteiger partial charge is 0.227 e. The topological polar surface area (TPSA) is 23.6 Å². The maximum Gasteiger partial charge on any atom is 0.227 e. The van der Waals surface area contributed by atoms with Crippen LogP contribution >= 0.6 is 22.9 Å². The Labute approximate surface area is 140 Å². The molecule has 2 aromatic rings. The molecule has 0 bridgehead atoms. The molecule has 1 amide bonds. The van der Waals surface area contributed by atoms with E-state index in [1.165, 1.54) is 0 Å². The van der Waals surface area contributed by atoms with E-state index in [9.17, 15) is 4.79 Å². The van der Waals surface area contributed by atoms with Crippen molar-refractivity contribution < 1.29 is 4.79 Å². The van der Waals surface area contributed by atoms with Crippen LogP contribution < -0.4 is 0 Å². The Balaban J connectivity index is 1.50. The van der Waals surface area contributed by atoms with Crippen LogP contribution in [0.4, 0.5) is 0 Å². The number of halogens is 1. The van der Waals surface area contributed by atoms with Gasteiger partial charge in [0.25, 0.3) is 0 Å². The van der Waals surface area contributed by atoms with Gasteiger partial charge in [-0.15, -0.1) is 11.3 Å². The van der Waals surface area contributed by atoms with E-state index in [0.717, 1.165) is 48.2 Å². The van der Waals surface area contributed by atoms with Gasteiger partial charge in [0.2, 0.25) is 5.91 Å². The van der Waals surface area contributed by atoms with Crippen LogP contribution in [0.15, 0.2) is 41.8 Å². The molecule has 0 unspecified atom stereocenters. The molecular weight excluding hydrogens is 316 g/mol. The van der Waals surface area contributed by atoms with Crippen LogP contribution in [-0.4, -0.2) is 41.9 Å². The van der Waals surface area contributed by atoms with Crippen molar-refractivity contribution in [2.45, 2.75) is 13.0 Å². The lowest BCUT2D eigenvalue weighted by atomic mass is 10.2. The normalized spacial score (nSPS) is 16.0. The first-order valence-electron chi connectivity index (χ1n) is 7.48. The lowest BCUT2D eigenvalue weighted by molar-refractivity contribution is -0.132. The molecule has 0 aliphatic carbocycles. The summed E-state index contributed by atoms with van der Waals surface area (Å²) in [5.41, 5.74) is 1.16. The number of piperazine rings is 1. The monoisotopic (exact) mass is 334 g/mol. The van der Waals surface area contributed by atoms with E-state index in [4.69, 9.17) is 11.6 Å². The summed E-state index contributed by atoms with van der Waals surface area (Å²) in [5.74, 6) is 0.236. The van der Waals surface area contributed by atoms with Gasteiger partial charge < -0.3 is 4.90 Å². The SMILES string of the molecule is O=C(Cc1cccs1)N1CCN(Cc2ccccc2Cl)CC1. The molecule has 1 aliphatic heterocycles. The number of nitrogens with zero attached hydrogens (tertiary/aromatic N) is 2. The van der Waals surface area contributed by atoms with Gasteiger partial charge in [0, 0.05) is 42.6 Å². The number of thiophene rings is 1. The zero-order valence-corrected chi connectivity index (χ0v) is 13.9. The zero-order chi connectivity index (χ0) is 15.4. The van der Waals surface area contributed by atoms with Gasteiger partial charge in [-0.1, -0.05) is 35.9 Å². The van der Waals surface area contributed by atoms with E-state index in [-0.39, 0.29) is 5.91 Å². The fraction of sp³-hybridized carbons (Fsp3) is 0.353. The fourth-order valence-electron chi connectivity index (χ4n) is 2.70. The standard InChI is InChI=1S/C17H19ClN2OS/c18-16-6-2-1-4-14(16)13-19-7-9-20(10-8-19)17(21)12-15-5-3-11-22-15/h1-6,11H,7-10,12-13H2. The lowest BCUT2D eigenvalue weighted by Crippen LogP contribution is -2.48. The van der Waals surface area contributed by atoms with Gasteiger partial charge in [0.1, 0.15) is 0 Å². The average Bonchev–Trinajstić information content (AvgIpc) is 3.03. The highest BCUT2D eigenvalue weighted by molar-refractivity contribution is 7.10. The Kier molecular flexibility index (Phi) is 5.13. The van der Waals surface area contributed by atoms with E-state index in [2.05, 4.69) is 11.0 Å². The highest BCUT2D eigenvalue weighted by Crippen LogP contribution is 2.18. The van der Waals surface area contributed by atoms with E-state index < -0.39 is 0 Å². The van der Waals surface area contributed by atoms with Crippen molar-refractivity contribution in [1.82, 2.24) is 9.80 Å². The molecule has 2 heterocycles. The molecule has 0 N–H and O–H groups in total. The van der Waals surface area contributed by atoms with E-state index in [1.807, 2.05) is 40.6 Å². The number of benzene rings is 1. The van der Waals surface area contributed by atoms with Crippen LogP contribution in [0.2, 0.25) is 5.02 Å². The van der Waals surface area contributed by atoms with Crippen LogP contribution in [-0.2, 0) is 17.8 Å². The van der Waals surface area contributed by atoms with Crippen molar-refractivity contribution in [3.05, 3.63) is 57.2 Å². The third-order valence-corrected chi connectivity index (χ3v) is 5.23. The number of hydrogen-bond acceptors (Lipinski definition) is 3. The summed E-state index contributed by atoms with van der Waals surface area (Å²) >= 11 is 7.86. The first-order valence-corrected chi connectivity index (χ1v) is 8.74. The molecule has 1 fully saturated rings. The molecule has 0 spiro atoms. The first-order chi connectivity index (χ1) is 10.7. The number of carbonyl (C=O) groups is 1. The van der Waals surface area contributed by atoms with Crippen molar-refractivity contribution in [2.75, 3.05) is 26.2 Å². The highest BCUT2D eigenvalue weighted by Gasteiger charge is 2.21. The summed E-state index contributed by atoms with van der Waals surface area (Å²) in [7, 11) is 0. The molecule has 1 aromatic carbocycles. The second kappa shape index (κ2) is 7.27. The Morgan fingerprint density at radius 1 is 1.09 bits per heavy atom. The number of amides is 1. The van der Waals surface area contributed by atoms with E-state index in [0.29, 0.717) is 6.42 Å². The molecular formula is C17H19ClN2OS. The second-order valence-corrected chi connectivity index (χ2v) is 6.94. The van der Waals surface area contributed by atoms with Crippen molar-refractivity contribution >= 4 is 28.8 Å². The molecule has 116 valence electrons. The molecule has 1 saturated heterocycles. The van der Waals surface area contributed by atoms with Gasteiger partial charge in [-0.05, 0) is 23.1 Å². The van der Waals surface area contributed by atoms with Gasteiger partial charge in [-0.3, -0.25) is 9.69 Å². The van der Waals surface area contributed by atoms with Crippen molar-refractivity contribution in [3.8, 4) is 0 Å². The molecule has 22 heavy (non-hydrogen) atoms. The fourth-order valence-corrected chi connectivity index (χ4v) is 3.59. The highest BCUT2D eigenvalue weighted by atomic mass is 35.5. The van der Waals surface area contributed by atoms with Crippen molar-refractivity contribution in [1.29, 1.82) is 0 Å². The molecule has 1 aromatic heterocycles. The quantitative estimate of drug-likeness (QED) is 0.856. The Morgan fingerprint density at radius 3 is 2.55 bits per heavy atom.